The minimum Gasteiger partial charge on any atom is -0.504 e. The Labute approximate surface area is 228 Å². The van der Waals surface area contributed by atoms with Gasteiger partial charge in [-0.2, -0.15) is 4.98 Å². The molecule has 38 heavy (non-hydrogen) atoms. The molecule has 0 saturated heterocycles. The van der Waals surface area contributed by atoms with Gasteiger partial charge in [-0.15, -0.1) is 0 Å². The largest absolute Gasteiger partial charge is 0.504 e. The summed E-state index contributed by atoms with van der Waals surface area (Å²) in [5, 5.41) is 11.3. The van der Waals surface area contributed by atoms with Crippen LogP contribution in [0, 0.1) is 5.41 Å². The van der Waals surface area contributed by atoms with E-state index in [9.17, 15) is 4.79 Å². The van der Waals surface area contributed by atoms with E-state index >= 15 is 0 Å². The Morgan fingerprint density at radius 3 is 2.42 bits per heavy atom. The van der Waals surface area contributed by atoms with Crippen LogP contribution in [0.2, 0.25) is 0 Å². The van der Waals surface area contributed by atoms with Crippen LogP contribution in [0.3, 0.4) is 0 Å². The lowest BCUT2D eigenvalue weighted by atomic mass is 9.87. The minimum atomic E-state index is -0.596. The van der Waals surface area contributed by atoms with Gasteiger partial charge in [-0.05, 0) is 59.2 Å². The number of hydrogen-bond acceptors (Lipinski definition) is 6. The highest BCUT2D eigenvalue weighted by Crippen LogP contribution is 2.24. The average molecular weight is 522 g/mol. The minimum absolute atomic E-state index is 0. The van der Waals surface area contributed by atoms with E-state index in [1.807, 2.05) is 51.1 Å². The van der Waals surface area contributed by atoms with Crippen molar-refractivity contribution in [3.05, 3.63) is 88.8 Å². The first kappa shape index (κ1) is 30.1. The van der Waals surface area contributed by atoms with Gasteiger partial charge in [0, 0.05) is 19.7 Å². The number of nitrogens with two attached hydrogens (primary N) is 1. The third kappa shape index (κ3) is 8.45. The molecule has 1 atom stereocenters. The molecule has 0 aliphatic rings. The van der Waals surface area contributed by atoms with Gasteiger partial charge in [-0.3, -0.25) is 0 Å². The number of aromatic nitrogens is 2. The Balaban J connectivity index is 0.00000372. The van der Waals surface area contributed by atoms with Crippen LogP contribution in [0.4, 0.5) is 10.5 Å². The number of carbonyl (C=O) groups excluding carboxylic acids is 1. The Morgan fingerprint density at radius 2 is 1.82 bits per heavy atom. The predicted octanol–water partition coefficient (Wildman–Crippen LogP) is 5.42. The van der Waals surface area contributed by atoms with Crippen molar-refractivity contribution in [2.24, 2.45) is 11.1 Å². The third-order valence-corrected chi connectivity index (χ3v) is 5.65. The molecule has 0 saturated carbocycles. The molecule has 206 valence electrons. The van der Waals surface area contributed by atoms with Crippen molar-refractivity contribution >= 4 is 23.9 Å². The Bertz CT molecular complexity index is 1380. The molecular formula is C30H43N5O3. The maximum atomic E-state index is 12.3. The lowest BCUT2D eigenvalue weighted by molar-refractivity contribution is 0.250. The highest BCUT2D eigenvalue weighted by molar-refractivity contribution is 5.89. The van der Waals surface area contributed by atoms with E-state index in [2.05, 4.69) is 48.1 Å². The molecule has 2 amide bonds. The van der Waals surface area contributed by atoms with Crippen molar-refractivity contribution in [1.82, 2.24) is 15.5 Å². The summed E-state index contributed by atoms with van der Waals surface area (Å²) in [5.74, 6) is 0.749. The van der Waals surface area contributed by atoms with E-state index in [1.165, 1.54) is 0 Å². The zero-order valence-electron chi connectivity index (χ0n) is 23.3. The highest BCUT2D eigenvalue weighted by atomic mass is 16.5. The molecule has 0 spiro atoms. The fraction of sp³-hybridized carbons (Fsp3) is 0.300. The molecule has 2 aromatic carbocycles. The molecular weight excluding hydrogens is 478 g/mol. The number of anilines is 1. The van der Waals surface area contributed by atoms with Crippen LogP contribution < -0.4 is 26.8 Å². The molecule has 0 fully saturated rings. The van der Waals surface area contributed by atoms with Crippen LogP contribution in [0.25, 0.3) is 23.6 Å². The first-order valence-corrected chi connectivity index (χ1v) is 12.5. The van der Waals surface area contributed by atoms with Gasteiger partial charge in [-0.25, -0.2) is 4.79 Å². The molecule has 0 aliphatic heterocycles. The Hall–Kier alpha value is -4.17. The molecule has 1 unspecified atom stereocenters. The summed E-state index contributed by atoms with van der Waals surface area (Å²) in [5.41, 5.74) is 9.14. The number of rotatable bonds is 7. The van der Waals surface area contributed by atoms with E-state index in [1.54, 1.807) is 43.7 Å². The number of amides is 2. The molecule has 3 rings (SSSR count). The van der Waals surface area contributed by atoms with Crippen molar-refractivity contribution in [2.45, 2.75) is 47.7 Å². The molecule has 8 nitrogen and oxygen atoms in total. The normalized spacial score (nSPS) is 13.3. The van der Waals surface area contributed by atoms with E-state index in [0.717, 1.165) is 21.6 Å². The maximum Gasteiger partial charge on any atom is 0.320 e. The van der Waals surface area contributed by atoms with Gasteiger partial charge < -0.3 is 25.6 Å². The van der Waals surface area contributed by atoms with Crippen molar-refractivity contribution in [2.75, 3.05) is 12.4 Å². The molecule has 1 heterocycles. The third-order valence-electron chi connectivity index (χ3n) is 5.65. The SMILES string of the molecule is C=c1cccc/c1=C(/C=C\OC)c1noc(-c2ccc(NC(=O)NC(N)/C=C(\C)C(C)(C)C)cc2)n1.CC.[HH].[HH]. The molecule has 4 N–H and O–H groups in total. The predicted molar refractivity (Wildman–Crippen MR) is 159 cm³/mol. The average Bonchev–Trinajstić information content (AvgIpc) is 3.36. The second-order valence-electron chi connectivity index (χ2n) is 9.33. The Kier molecular flexibility index (Phi) is 11.0. The number of benzene rings is 2. The molecule has 8 heteroatoms. The summed E-state index contributed by atoms with van der Waals surface area (Å²) in [4.78, 5) is 16.9. The smallest absolute Gasteiger partial charge is 0.320 e. The van der Waals surface area contributed by atoms with Crippen LogP contribution in [0.5, 0.6) is 0 Å². The number of hydrogen-bond donors (Lipinski definition) is 3. The zero-order chi connectivity index (χ0) is 28.3. The van der Waals surface area contributed by atoms with Crippen molar-refractivity contribution in [3.8, 4) is 11.5 Å². The van der Waals surface area contributed by atoms with Gasteiger partial charge in [0.1, 0.15) is 0 Å². The quantitative estimate of drug-likeness (QED) is 0.217. The summed E-state index contributed by atoms with van der Waals surface area (Å²) in [7, 11) is 1.57. The summed E-state index contributed by atoms with van der Waals surface area (Å²) in [6.45, 7) is 16.4. The second-order valence-corrected chi connectivity index (χ2v) is 9.33. The van der Waals surface area contributed by atoms with Crippen LogP contribution in [0.15, 0.2) is 77.0 Å². The van der Waals surface area contributed by atoms with Gasteiger partial charge >= 0.3 is 6.03 Å². The lowest BCUT2D eigenvalue weighted by Gasteiger charge is -2.21. The molecule has 0 aliphatic carbocycles. The van der Waals surface area contributed by atoms with Gasteiger partial charge in [-0.1, -0.05) is 76.2 Å². The number of allylic oxidation sites excluding steroid dienone is 2. The van der Waals surface area contributed by atoms with E-state index in [0.29, 0.717) is 23.0 Å². The van der Waals surface area contributed by atoms with Crippen molar-refractivity contribution in [3.63, 3.8) is 0 Å². The van der Waals surface area contributed by atoms with Gasteiger partial charge in [0.2, 0.25) is 5.82 Å². The zero-order valence-corrected chi connectivity index (χ0v) is 23.3. The van der Waals surface area contributed by atoms with Crippen LogP contribution in [-0.4, -0.2) is 29.4 Å². The first-order chi connectivity index (χ1) is 18.1. The number of methoxy groups -OCH3 is 1. The molecule has 3 aromatic rings. The summed E-state index contributed by atoms with van der Waals surface area (Å²) >= 11 is 0. The molecule has 1 aromatic heterocycles. The summed E-state index contributed by atoms with van der Waals surface area (Å²) in [6.07, 6.45) is 4.57. The van der Waals surface area contributed by atoms with Crippen molar-refractivity contribution < 1.29 is 16.9 Å². The molecule has 0 radical (unpaired) electrons. The number of carbonyl (C=O) groups is 1. The Morgan fingerprint density at radius 1 is 1.16 bits per heavy atom. The van der Waals surface area contributed by atoms with Gasteiger partial charge in [0.25, 0.3) is 5.89 Å². The first-order valence-electron chi connectivity index (χ1n) is 12.5. The van der Waals surface area contributed by atoms with E-state index < -0.39 is 12.2 Å². The lowest BCUT2D eigenvalue weighted by Crippen LogP contribution is -2.42. The van der Waals surface area contributed by atoms with Crippen LogP contribution in [0.1, 0.15) is 50.2 Å². The highest BCUT2D eigenvalue weighted by Gasteiger charge is 2.15. The number of urea groups is 1. The van der Waals surface area contributed by atoms with Gasteiger partial charge in [0.15, 0.2) is 0 Å². The van der Waals surface area contributed by atoms with Crippen LogP contribution in [-0.2, 0) is 4.74 Å². The van der Waals surface area contributed by atoms with Crippen molar-refractivity contribution in [1.29, 1.82) is 0 Å². The molecule has 0 bridgehead atoms. The van der Waals surface area contributed by atoms with Crippen LogP contribution >= 0.6 is 0 Å². The maximum absolute atomic E-state index is 12.3. The standard InChI is InChI=1S/C28H33N5O3.C2H6.2H2/c1-18-9-7-8-10-22(18)23(15-16-35-6)25-32-26(36-33-25)20-11-13-21(14-12-20)30-27(34)31-24(29)17-19(2)28(3,4)5;1-2;;/h7-17,24H,1,29H2,2-6H3,(H2,30,31,34);1-2H3;2*1H/b16-15-,19-17+,23-22+;;;. The fourth-order valence-corrected chi connectivity index (χ4v) is 3.23. The van der Waals surface area contributed by atoms with E-state index in [-0.39, 0.29) is 8.27 Å². The monoisotopic (exact) mass is 521 g/mol. The fourth-order valence-electron chi connectivity index (χ4n) is 3.23. The number of nitrogens with zero attached hydrogens (tertiary/aromatic N) is 2. The number of nitrogens with one attached hydrogen (secondary N) is 2. The van der Waals surface area contributed by atoms with Gasteiger partial charge in [0.05, 0.1) is 19.5 Å². The van der Waals surface area contributed by atoms with E-state index in [4.69, 9.17) is 15.0 Å². The topological polar surface area (TPSA) is 115 Å². The second kappa shape index (κ2) is 13.9. The summed E-state index contributed by atoms with van der Waals surface area (Å²) in [6, 6.07) is 14.4. The number of ether oxygens (including phenoxy) is 1. The summed E-state index contributed by atoms with van der Waals surface area (Å²) < 4.78 is 10.6.